The van der Waals surface area contributed by atoms with Gasteiger partial charge in [-0.25, -0.2) is 0 Å². The predicted octanol–water partition coefficient (Wildman–Crippen LogP) is 2.95. The van der Waals surface area contributed by atoms with Crippen LogP contribution in [0.1, 0.15) is 41.1 Å². The van der Waals surface area contributed by atoms with Crippen LogP contribution in [0, 0.1) is 0 Å². The Morgan fingerprint density at radius 2 is 1.97 bits per heavy atom. The van der Waals surface area contributed by atoms with Crippen LogP contribution in [0.15, 0.2) is 47.1 Å². The number of nitrogens with one attached hydrogen (secondary N) is 1. The highest BCUT2D eigenvalue weighted by Crippen LogP contribution is 2.24. The fourth-order valence-electron chi connectivity index (χ4n) is 4.21. The maximum atomic E-state index is 12.6. The summed E-state index contributed by atoms with van der Waals surface area (Å²) in [6, 6.07) is 12.1. The minimum Gasteiger partial charge on any atom is -0.377 e. The molecule has 1 aromatic carbocycles. The van der Waals surface area contributed by atoms with E-state index in [4.69, 9.17) is 9.26 Å². The second-order valence-electron chi connectivity index (χ2n) is 8.38. The summed E-state index contributed by atoms with van der Waals surface area (Å²) in [5, 5.41) is 8.92. The van der Waals surface area contributed by atoms with E-state index in [0.29, 0.717) is 31.9 Å². The lowest BCUT2D eigenvalue weighted by atomic mass is 9.91. The van der Waals surface area contributed by atoms with Gasteiger partial charge >= 0.3 is 0 Å². The number of carbonyl (C=O) groups is 1. The van der Waals surface area contributed by atoms with Gasteiger partial charge in [0.15, 0.2) is 0 Å². The van der Waals surface area contributed by atoms with Gasteiger partial charge in [0.2, 0.25) is 5.76 Å². The highest BCUT2D eigenvalue weighted by atomic mass is 16.5. The summed E-state index contributed by atoms with van der Waals surface area (Å²) < 4.78 is 10.9. The molecule has 0 bridgehead atoms. The number of amides is 1. The molecule has 0 radical (unpaired) electrons. The van der Waals surface area contributed by atoms with E-state index >= 15 is 0 Å². The number of para-hydroxylation sites is 1. The van der Waals surface area contributed by atoms with E-state index in [1.165, 1.54) is 6.42 Å². The van der Waals surface area contributed by atoms with E-state index in [9.17, 15) is 4.79 Å². The van der Waals surface area contributed by atoms with Crippen molar-refractivity contribution in [3.8, 4) is 0 Å². The Labute approximate surface area is 175 Å². The standard InChI is InChI=1S/C23H26N4O3/c28-22(27-8-4-1-5-9-27)21-11-19(26-30-21)12-23(15-29-16-23)25-14-17-10-18-6-2-3-7-20(18)24-13-17/h2-3,6-7,10-11,13,25H,1,4-5,8-9,12,14-16H2. The highest BCUT2D eigenvalue weighted by molar-refractivity contribution is 5.91. The number of benzene rings is 1. The monoisotopic (exact) mass is 406 g/mol. The van der Waals surface area contributed by atoms with Crippen molar-refractivity contribution in [3.63, 3.8) is 0 Å². The van der Waals surface area contributed by atoms with Crippen molar-refractivity contribution in [1.82, 2.24) is 20.4 Å². The molecular formula is C23H26N4O3. The summed E-state index contributed by atoms with van der Waals surface area (Å²) in [5.41, 5.74) is 2.70. The minimum atomic E-state index is -0.200. The van der Waals surface area contributed by atoms with Gasteiger partial charge < -0.3 is 19.5 Å². The first kappa shape index (κ1) is 19.2. The van der Waals surface area contributed by atoms with Crippen LogP contribution >= 0.6 is 0 Å². The third-order valence-electron chi connectivity index (χ3n) is 6.00. The smallest absolute Gasteiger partial charge is 0.292 e. The maximum Gasteiger partial charge on any atom is 0.292 e. The van der Waals surface area contributed by atoms with Crippen molar-refractivity contribution in [1.29, 1.82) is 0 Å². The quantitative estimate of drug-likeness (QED) is 0.678. The van der Waals surface area contributed by atoms with Gasteiger partial charge in [0, 0.05) is 43.7 Å². The number of piperidine rings is 1. The van der Waals surface area contributed by atoms with Crippen LogP contribution in [-0.2, 0) is 17.7 Å². The molecule has 0 atom stereocenters. The molecule has 0 aliphatic carbocycles. The molecule has 5 rings (SSSR count). The Bertz CT molecular complexity index is 1040. The molecule has 1 N–H and O–H groups in total. The Morgan fingerprint density at radius 1 is 1.13 bits per heavy atom. The second kappa shape index (κ2) is 8.16. The van der Waals surface area contributed by atoms with Crippen molar-refractivity contribution in [2.45, 2.75) is 37.8 Å². The fourth-order valence-corrected chi connectivity index (χ4v) is 4.21. The van der Waals surface area contributed by atoms with Gasteiger partial charge in [-0.05, 0) is 37.0 Å². The molecule has 7 heteroatoms. The van der Waals surface area contributed by atoms with E-state index in [1.54, 1.807) is 6.07 Å². The van der Waals surface area contributed by atoms with Gasteiger partial charge in [-0.1, -0.05) is 23.4 Å². The van der Waals surface area contributed by atoms with Gasteiger partial charge in [0.1, 0.15) is 0 Å². The topological polar surface area (TPSA) is 80.5 Å². The molecule has 2 saturated heterocycles. The molecule has 2 aromatic heterocycles. The molecule has 0 unspecified atom stereocenters. The number of hydrogen-bond donors (Lipinski definition) is 1. The first-order valence-electron chi connectivity index (χ1n) is 10.6. The third-order valence-corrected chi connectivity index (χ3v) is 6.00. The minimum absolute atomic E-state index is 0.0532. The Kier molecular flexibility index (Phi) is 5.23. The zero-order chi connectivity index (χ0) is 20.4. The third kappa shape index (κ3) is 3.95. The van der Waals surface area contributed by atoms with Crippen molar-refractivity contribution in [2.24, 2.45) is 0 Å². The molecule has 30 heavy (non-hydrogen) atoms. The van der Waals surface area contributed by atoms with E-state index < -0.39 is 0 Å². The van der Waals surface area contributed by atoms with Gasteiger partial charge in [0.25, 0.3) is 5.91 Å². The zero-order valence-corrected chi connectivity index (χ0v) is 17.0. The molecule has 2 aliphatic rings. The molecule has 3 aromatic rings. The van der Waals surface area contributed by atoms with Crippen LogP contribution in [0.2, 0.25) is 0 Å². The molecule has 0 spiro atoms. The highest BCUT2D eigenvalue weighted by Gasteiger charge is 2.39. The molecule has 0 saturated carbocycles. The number of ether oxygens (including phenoxy) is 1. The lowest BCUT2D eigenvalue weighted by molar-refractivity contribution is -0.0755. The van der Waals surface area contributed by atoms with E-state index in [-0.39, 0.29) is 11.4 Å². The molecule has 156 valence electrons. The molecule has 2 aliphatic heterocycles. The molecule has 2 fully saturated rings. The summed E-state index contributed by atoms with van der Waals surface area (Å²) in [6.45, 7) is 3.51. The average molecular weight is 406 g/mol. The van der Waals surface area contributed by atoms with E-state index in [0.717, 1.165) is 48.1 Å². The van der Waals surface area contributed by atoms with Crippen molar-refractivity contribution < 1.29 is 14.1 Å². The molecule has 1 amide bonds. The lowest BCUT2D eigenvalue weighted by Crippen LogP contribution is -2.61. The van der Waals surface area contributed by atoms with Crippen LogP contribution in [0.25, 0.3) is 10.9 Å². The number of likely N-dealkylation sites (tertiary alicyclic amines) is 1. The van der Waals surface area contributed by atoms with Crippen molar-refractivity contribution in [2.75, 3.05) is 26.3 Å². The molecular weight excluding hydrogens is 380 g/mol. The number of hydrogen-bond acceptors (Lipinski definition) is 6. The summed E-state index contributed by atoms with van der Waals surface area (Å²) >= 11 is 0. The average Bonchev–Trinajstić information content (AvgIpc) is 3.24. The molecule has 4 heterocycles. The summed E-state index contributed by atoms with van der Waals surface area (Å²) in [5.74, 6) is 0.281. The Hall–Kier alpha value is -2.77. The number of carbonyl (C=O) groups excluding carboxylic acids is 1. The Balaban J connectivity index is 1.24. The second-order valence-corrected chi connectivity index (χ2v) is 8.38. The van der Waals surface area contributed by atoms with Gasteiger partial charge in [-0.15, -0.1) is 0 Å². The number of aromatic nitrogens is 2. The van der Waals surface area contributed by atoms with Crippen LogP contribution in [0.3, 0.4) is 0 Å². The SMILES string of the molecule is O=C(c1cc(CC2(NCc3cnc4ccccc4c3)COC2)no1)N1CCCCC1. The fraction of sp³-hybridized carbons (Fsp3) is 0.435. The van der Waals surface area contributed by atoms with Crippen LogP contribution in [0.4, 0.5) is 0 Å². The lowest BCUT2D eigenvalue weighted by Gasteiger charge is -2.42. The number of rotatable bonds is 6. The Morgan fingerprint density at radius 3 is 2.77 bits per heavy atom. The summed E-state index contributed by atoms with van der Waals surface area (Å²) in [6.07, 6.45) is 5.87. The van der Waals surface area contributed by atoms with Crippen LogP contribution in [-0.4, -0.2) is 52.8 Å². The maximum absolute atomic E-state index is 12.6. The van der Waals surface area contributed by atoms with Crippen LogP contribution < -0.4 is 5.32 Å². The van der Waals surface area contributed by atoms with Gasteiger partial charge in [-0.3, -0.25) is 9.78 Å². The first-order valence-corrected chi connectivity index (χ1v) is 10.6. The first-order chi connectivity index (χ1) is 14.7. The van der Waals surface area contributed by atoms with E-state index in [2.05, 4.69) is 27.6 Å². The number of pyridine rings is 1. The van der Waals surface area contributed by atoms with Crippen molar-refractivity contribution >= 4 is 16.8 Å². The zero-order valence-electron chi connectivity index (χ0n) is 17.0. The van der Waals surface area contributed by atoms with Crippen LogP contribution in [0.5, 0.6) is 0 Å². The number of fused-ring (bicyclic) bond motifs is 1. The van der Waals surface area contributed by atoms with Gasteiger partial charge in [0.05, 0.1) is 30.0 Å². The van der Waals surface area contributed by atoms with E-state index in [1.807, 2.05) is 29.3 Å². The summed E-state index contributed by atoms with van der Waals surface area (Å²) in [4.78, 5) is 19.0. The number of nitrogens with zero attached hydrogens (tertiary/aromatic N) is 3. The largest absolute Gasteiger partial charge is 0.377 e. The van der Waals surface area contributed by atoms with Gasteiger partial charge in [-0.2, -0.15) is 0 Å². The predicted molar refractivity (Wildman–Crippen MR) is 112 cm³/mol. The normalized spacial score (nSPS) is 18.3. The van der Waals surface area contributed by atoms with Crippen molar-refractivity contribution in [3.05, 3.63) is 59.6 Å². The summed E-state index contributed by atoms with van der Waals surface area (Å²) in [7, 11) is 0. The molecule has 7 nitrogen and oxygen atoms in total.